The van der Waals surface area contributed by atoms with Crippen molar-refractivity contribution in [3.8, 4) is 5.75 Å². The molecule has 0 unspecified atom stereocenters. The maximum absolute atomic E-state index is 12.2. The second-order valence-electron chi connectivity index (χ2n) is 5.87. The topological polar surface area (TPSA) is 102 Å². The van der Waals surface area contributed by atoms with E-state index in [1.165, 1.54) is 49.6 Å². The molecule has 0 bridgehead atoms. The van der Waals surface area contributed by atoms with Crippen LogP contribution in [0.4, 0.5) is 0 Å². The number of carbonyl (C=O) groups excluding carboxylic acids is 2. The molecule has 0 aliphatic heterocycles. The average Bonchev–Trinajstić information content (AvgIpc) is 2.65. The molecular weight excluding hydrogens is 392 g/mol. The third-order valence-electron chi connectivity index (χ3n) is 3.76. The summed E-state index contributed by atoms with van der Waals surface area (Å²) in [7, 11) is -2.02. The van der Waals surface area contributed by atoms with Gasteiger partial charge < -0.3 is 4.74 Å². The van der Waals surface area contributed by atoms with Gasteiger partial charge in [0.25, 0.3) is 11.8 Å². The molecule has 0 saturated carbocycles. The monoisotopic (exact) mass is 410 g/mol. The predicted molar refractivity (Wildman–Crippen MR) is 102 cm³/mol. The Kier molecular flexibility index (Phi) is 6.45. The van der Waals surface area contributed by atoms with E-state index in [0.29, 0.717) is 5.02 Å². The smallest absolute Gasteiger partial charge is 0.273 e. The molecule has 2 aromatic rings. The Balaban J connectivity index is 2.07. The molecule has 0 atom stereocenters. The lowest BCUT2D eigenvalue weighted by molar-refractivity contribution is 0.0845. The van der Waals surface area contributed by atoms with Gasteiger partial charge in [-0.1, -0.05) is 11.6 Å². The summed E-state index contributed by atoms with van der Waals surface area (Å²) in [5.74, 6) is -0.918. The Morgan fingerprint density at radius 1 is 1.00 bits per heavy atom. The molecule has 0 spiro atoms. The first-order chi connectivity index (χ1) is 12.7. The van der Waals surface area contributed by atoms with Gasteiger partial charge in [0.2, 0.25) is 0 Å². The fourth-order valence-corrected chi connectivity index (χ4v) is 3.40. The standard InChI is InChI=1S/C18H19ClN2O5S/c1-11(2)27(24,25)14-7-4-12(5-8-14)17(22)20-21-18(23)15-9-6-13(19)10-16(15)26-3/h4-11H,1-3H3,(H,20,22)(H,21,23). The lowest BCUT2D eigenvalue weighted by Crippen LogP contribution is -2.41. The molecule has 0 saturated heterocycles. The van der Waals surface area contributed by atoms with Crippen LogP contribution in [0.1, 0.15) is 34.6 Å². The first-order valence-electron chi connectivity index (χ1n) is 7.95. The van der Waals surface area contributed by atoms with Crippen LogP contribution in [-0.4, -0.2) is 32.6 Å². The number of nitrogens with one attached hydrogen (secondary N) is 2. The quantitative estimate of drug-likeness (QED) is 0.738. The number of carbonyl (C=O) groups is 2. The lowest BCUT2D eigenvalue weighted by Gasteiger charge is -2.11. The highest BCUT2D eigenvalue weighted by Crippen LogP contribution is 2.22. The number of sulfone groups is 1. The molecule has 2 rings (SSSR count). The molecule has 2 amide bonds. The Hall–Kier alpha value is -2.58. The molecule has 2 N–H and O–H groups in total. The Morgan fingerprint density at radius 3 is 2.15 bits per heavy atom. The SMILES string of the molecule is COc1cc(Cl)ccc1C(=O)NNC(=O)c1ccc(S(=O)(=O)C(C)C)cc1. The summed E-state index contributed by atoms with van der Waals surface area (Å²) in [5.41, 5.74) is 4.93. The highest BCUT2D eigenvalue weighted by Gasteiger charge is 2.19. The second kappa shape index (κ2) is 8.41. The zero-order valence-electron chi connectivity index (χ0n) is 14.9. The maximum atomic E-state index is 12.2. The zero-order valence-corrected chi connectivity index (χ0v) is 16.5. The molecular formula is C18H19ClN2O5S. The van der Waals surface area contributed by atoms with E-state index in [2.05, 4.69) is 10.9 Å². The van der Waals surface area contributed by atoms with E-state index in [9.17, 15) is 18.0 Å². The first kappa shape index (κ1) is 20.7. The zero-order chi connectivity index (χ0) is 20.2. The van der Waals surface area contributed by atoms with E-state index in [-0.39, 0.29) is 21.8 Å². The third-order valence-corrected chi connectivity index (χ3v) is 6.17. The van der Waals surface area contributed by atoms with E-state index in [1.807, 2.05) is 0 Å². The van der Waals surface area contributed by atoms with Crippen molar-refractivity contribution in [1.82, 2.24) is 10.9 Å². The summed E-state index contributed by atoms with van der Waals surface area (Å²) in [6.45, 7) is 3.16. The largest absolute Gasteiger partial charge is 0.496 e. The van der Waals surface area contributed by atoms with Crippen LogP contribution in [-0.2, 0) is 9.84 Å². The number of methoxy groups -OCH3 is 1. The minimum atomic E-state index is -3.42. The molecule has 9 heteroatoms. The van der Waals surface area contributed by atoms with Crippen LogP contribution >= 0.6 is 11.6 Å². The van der Waals surface area contributed by atoms with Crippen molar-refractivity contribution in [1.29, 1.82) is 0 Å². The molecule has 2 aromatic carbocycles. The van der Waals surface area contributed by atoms with Crippen molar-refractivity contribution in [2.24, 2.45) is 0 Å². The van der Waals surface area contributed by atoms with E-state index in [1.54, 1.807) is 13.8 Å². The summed E-state index contributed by atoms with van der Waals surface area (Å²) < 4.78 is 29.3. The predicted octanol–water partition coefficient (Wildman–Crippen LogP) is 2.61. The summed E-state index contributed by atoms with van der Waals surface area (Å²) in [6.07, 6.45) is 0. The van der Waals surface area contributed by atoms with Gasteiger partial charge in [-0.2, -0.15) is 0 Å². The number of hydrogen-bond acceptors (Lipinski definition) is 5. The van der Waals surface area contributed by atoms with Crippen molar-refractivity contribution in [2.45, 2.75) is 24.0 Å². The van der Waals surface area contributed by atoms with Crippen LogP contribution in [0.5, 0.6) is 5.75 Å². The van der Waals surface area contributed by atoms with Gasteiger partial charge in [0.1, 0.15) is 5.75 Å². The van der Waals surface area contributed by atoms with Gasteiger partial charge in [-0.3, -0.25) is 20.4 Å². The molecule has 0 radical (unpaired) electrons. The highest BCUT2D eigenvalue weighted by atomic mass is 35.5. The Bertz CT molecular complexity index is 956. The summed E-state index contributed by atoms with van der Waals surface area (Å²) in [6, 6.07) is 9.93. The van der Waals surface area contributed by atoms with Crippen molar-refractivity contribution in [2.75, 3.05) is 7.11 Å². The van der Waals surface area contributed by atoms with Crippen LogP contribution in [0.25, 0.3) is 0 Å². The number of halogens is 1. The van der Waals surface area contributed by atoms with Crippen LogP contribution in [0, 0.1) is 0 Å². The molecule has 7 nitrogen and oxygen atoms in total. The van der Waals surface area contributed by atoms with Crippen molar-refractivity contribution in [3.05, 3.63) is 58.6 Å². The van der Waals surface area contributed by atoms with Gasteiger partial charge in [0.05, 0.1) is 22.8 Å². The van der Waals surface area contributed by atoms with Gasteiger partial charge in [0, 0.05) is 10.6 Å². The molecule has 0 fully saturated rings. The average molecular weight is 411 g/mol. The van der Waals surface area contributed by atoms with Crippen LogP contribution in [0.15, 0.2) is 47.4 Å². The van der Waals surface area contributed by atoms with E-state index >= 15 is 0 Å². The van der Waals surface area contributed by atoms with E-state index in [4.69, 9.17) is 16.3 Å². The molecule has 0 aliphatic rings. The third kappa shape index (κ3) is 4.78. The van der Waals surface area contributed by atoms with Crippen molar-refractivity contribution in [3.63, 3.8) is 0 Å². The molecule has 0 aliphatic carbocycles. The molecule has 144 valence electrons. The van der Waals surface area contributed by atoms with Gasteiger partial charge in [-0.25, -0.2) is 8.42 Å². The Morgan fingerprint density at radius 2 is 1.59 bits per heavy atom. The van der Waals surface area contributed by atoms with Gasteiger partial charge >= 0.3 is 0 Å². The van der Waals surface area contributed by atoms with Gasteiger partial charge in [0.15, 0.2) is 9.84 Å². The Labute approximate surface area is 162 Å². The fourth-order valence-electron chi connectivity index (χ4n) is 2.17. The van der Waals surface area contributed by atoms with Crippen LogP contribution in [0.2, 0.25) is 5.02 Å². The number of benzene rings is 2. The number of rotatable bonds is 5. The van der Waals surface area contributed by atoms with Crippen LogP contribution in [0.3, 0.4) is 0 Å². The van der Waals surface area contributed by atoms with E-state index in [0.717, 1.165) is 0 Å². The highest BCUT2D eigenvalue weighted by molar-refractivity contribution is 7.92. The summed E-state index contributed by atoms with van der Waals surface area (Å²) in [5, 5.41) is -0.158. The number of ether oxygens (including phenoxy) is 1. The number of amides is 2. The van der Waals surface area contributed by atoms with Crippen LogP contribution < -0.4 is 15.6 Å². The maximum Gasteiger partial charge on any atom is 0.273 e. The lowest BCUT2D eigenvalue weighted by atomic mass is 10.2. The van der Waals surface area contributed by atoms with Crippen molar-refractivity contribution >= 4 is 33.3 Å². The molecule has 0 aromatic heterocycles. The summed E-state index contributed by atoms with van der Waals surface area (Å²) >= 11 is 5.85. The van der Waals surface area contributed by atoms with E-state index < -0.39 is 26.9 Å². The molecule has 0 heterocycles. The number of hydrogen-bond donors (Lipinski definition) is 2. The minimum Gasteiger partial charge on any atom is -0.496 e. The van der Waals surface area contributed by atoms with Gasteiger partial charge in [-0.05, 0) is 56.3 Å². The minimum absolute atomic E-state index is 0.129. The molecule has 27 heavy (non-hydrogen) atoms. The van der Waals surface area contributed by atoms with Crippen molar-refractivity contribution < 1.29 is 22.7 Å². The second-order valence-corrected chi connectivity index (χ2v) is 8.81. The van der Waals surface area contributed by atoms with Gasteiger partial charge in [-0.15, -0.1) is 0 Å². The fraction of sp³-hybridized carbons (Fsp3) is 0.222. The number of hydrazine groups is 1. The summed E-state index contributed by atoms with van der Waals surface area (Å²) in [4.78, 5) is 24.5. The first-order valence-corrected chi connectivity index (χ1v) is 9.87. The normalized spacial score (nSPS) is 11.1.